The van der Waals surface area contributed by atoms with Crippen molar-refractivity contribution in [2.45, 2.75) is 36.7 Å². The molecule has 11 heteroatoms. The molecule has 0 saturated carbocycles. The number of aromatic nitrogens is 2. The Kier molecular flexibility index (Phi) is 7.09. The van der Waals surface area contributed by atoms with E-state index in [1.54, 1.807) is 12.1 Å². The molecule has 0 bridgehead atoms. The largest absolute Gasteiger partial charge is 0.378 e. The molecule has 1 fully saturated rings. The Hall–Kier alpha value is -2.05. The van der Waals surface area contributed by atoms with Crippen LogP contribution in [0.25, 0.3) is 6.08 Å². The molecule has 2 heterocycles. The summed E-state index contributed by atoms with van der Waals surface area (Å²) in [7, 11) is -2.51. The van der Waals surface area contributed by atoms with Gasteiger partial charge in [0.05, 0.1) is 23.2 Å². The Labute approximate surface area is 181 Å². The van der Waals surface area contributed by atoms with Crippen LogP contribution in [0.3, 0.4) is 0 Å². The summed E-state index contributed by atoms with van der Waals surface area (Å²) in [6.45, 7) is 1.57. The number of benzene rings is 1. The van der Waals surface area contributed by atoms with Crippen molar-refractivity contribution in [3.05, 3.63) is 67.4 Å². The number of aryl methyl sites for hydroxylation is 1. The molecule has 1 saturated heterocycles. The van der Waals surface area contributed by atoms with Crippen molar-refractivity contribution in [1.29, 1.82) is 0 Å². The molecule has 1 aliphatic rings. The minimum Gasteiger partial charge on any atom is -0.378 e. The van der Waals surface area contributed by atoms with E-state index in [2.05, 4.69) is 20.9 Å². The number of ether oxygens (including phenoxy) is 2. The normalized spacial score (nSPS) is 22.0. The van der Waals surface area contributed by atoms with Crippen LogP contribution >= 0.6 is 15.9 Å². The summed E-state index contributed by atoms with van der Waals surface area (Å²) in [4.78, 5) is 27.9. The third kappa shape index (κ3) is 4.98. The van der Waals surface area contributed by atoms with Crippen LogP contribution in [0.2, 0.25) is 0 Å². The number of methoxy groups -OCH3 is 1. The van der Waals surface area contributed by atoms with Crippen LogP contribution in [-0.4, -0.2) is 43.9 Å². The number of H-pyrrole nitrogens is 1. The van der Waals surface area contributed by atoms with Gasteiger partial charge in [0.1, 0.15) is 12.3 Å². The molecular formula is C19H21BrN2O7S. The maximum Gasteiger partial charge on any atom is 0.330 e. The van der Waals surface area contributed by atoms with E-state index in [0.717, 1.165) is 5.56 Å². The average Bonchev–Trinajstić information content (AvgIpc) is 3.12. The summed E-state index contributed by atoms with van der Waals surface area (Å²) in [6.07, 6.45) is 1.16. The van der Waals surface area contributed by atoms with Gasteiger partial charge >= 0.3 is 5.69 Å². The molecule has 0 spiro atoms. The number of nitrogens with one attached hydrogen (secondary N) is 1. The number of hydrogen-bond donors (Lipinski definition) is 1. The van der Waals surface area contributed by atoms with Gasteiger partial charge in [0.15, 0.2) is 0 Å². The van der Waals surface area contributed by atoms with Crippen molar-refractivity contribution < 1.29 is 22.1 Å². The van der Waals surface area contributed by atoms with Gasteiger partial charge in [-0.25, -0.2) is 4.79 Å². The van der Waals surface area contributed by atoms with Gasteiger partial charge in [0, 0.05) is 19.7 Å². The van der Waals surface area contributed by atoms with Gasteiger partial charge in [-0.3, -0.25) is 18.5 Å². The Morgan fingerprint density at radius 2 is 2.00 bits per heavy atom. The van der Waals surface area contributed by atoms with Crippen LogP contribution in [0, 0.1) is 6.92 Å². The van der Waals surface area contributed by atoms with Crippen LogP contribution < -0.4 is 11.2 Å². The zero-order chi connectivity index (χ0) is 21.9. The predicted octanol–water partition coefficient (Wildman–Crippen LogP) is 1.92. The van der Waals surface area contributed by atoms with Crippen molar-refractivity contribution in [2.24, 2.45) is 0 Å². The first-order valence-corrected chi connectivity index (χ1v) is 11.3. The van der Waals surface area contributed by atoms with Crippen molar-refractivity contribution in [2.75, 3.05) is 13.7 Å². The zero-order valence-electron chi connectivity index (χ0n) is 16.3. The van der Waals surface area contributed by atoms with Gasteiger partial charge in [-0.2, -0.15) is 8.42 Å². The standard InChI is InChI=1S/C19H21BrN2O7S/c1-12-3-5-14(6-4-12)30(25,26)28-11-16-15(27-2)9-17(29-16)22-10-13(7-8-20)18(23)21-19(22)24/h3-8,10,15-17H,9,11H2,1-2H3,(H,21,23,24)/b8-7+/t15?,16-,17-/m0/s1. The molecule has 0 aliphatic carbocycles. The van der Waals surface area contributed by atoms with E-state index in [1.165, 1.54) is 41.1 Å². The predicted molar refractivity (Wildman–Crippen MR) is 113 cm³/mol. The summed E-state index contributed by atoms with van der Waals surface area (Å²) in [5, 5.41) is 0. The van der Waals surface area contributed by atoms with Gasteiger partial charge in [-0.05, 0) is 30.1 Å². The number of hydrogen-bond acceptors (Lipinski definition) is 7. The molecule has 162 valence electrons. The monoisotopic (exact) mass is 500 g/mol. The van der Waals surface area contributed by atoms with Gasteiger partial charge in [0.2, 0.25) is 0 Å². The van der Waals surface area contributed by atoms with Crippen molar-refractivity contribution >= 4 is 32.1 Å². The van der Waals surface area contributed by atoms with E-state index in [1.807, 2.05) is 6.92 Å². The van der Waals surface area contributed by atoms with Crippen LogP contribution in [-0.2, 0) is 23.8 Å². The van der Waals surface area contributed by atoms with E-state index in [-0.39, 0.29) is 23.5 Å². The van der Waals surface area contributed by atoms with E-state index >= 15 is 0 Å². The highest BCUT2D eigenvalue weighted by molar-refractivity contribution is 9.11. The highest BCUT2D eigenvalue weighted by Crippen LogP contribution is 2.30. The molecule has 3 atom stereocenters. The molecule has 3 rings (SSSR count). The zero-order valence-corrected chi connectivity index (χ0v) is 18.7. The highest BCUT2D eigenvalue weighted by Gasteiger charge is 2.38. The lowest BCUT2D eigenvalue weighted by Crippen LogP contribution is -2.33. The minimum atomic E-state index is -3.97. The van der Waals surface area contributed by atoms with Crippen molar-refractivity contribution in [3.63, 3.8) is 0 Å². The number of nitrogens with zero attached hydrogens (tertiary/aromatic N) is 1. The molecule has 1 N–H and O–H groups in total. The molecule has 30 heavy (non-hydrogen) atoms. The maximum absolute atomic E-state index is 12.4. The molecule has 1 aliphatic heterocycles. The Morgan fingerprint density at radius 1 is 1.30 bits per heavy atom. The van der Waals surface area contributed by atoms with E-state index in [4.69, 9.17) is 13.7 Å². The number of rotatable bonds is 7. The van der Waals surface area contributed by atoms with Gasteiger partial charge in [-0.15, -0.1) is 0 Å². The molecule has 9 nitrogen and oxygen atoms in total. The summed E-state index contributed by atoms with van der Waals surface area (Å²) in [6, 6.07) is 6.29. The fourth-order valence-corrected chi connectivity index (χ4v) is 4.30. The van der Waals surface area contributed by atoms with Crippen molar-refractivity contribution in [3.8, 4) is 0 Å². The topological polar surface area (TPSA) is 117 Å². The smallest absolute Gasteiger partial charge is 0.330 e. The first kappa shape index (κ1) is 22.6. The van der Waals surface area contributed by atoms with Crippen LogP contribution in [0.5, 0.6) is 0 Å². The molecule has 1 aromatic carbocycles. The second-order valence-corrected chi connectivity index (χ2v) is 8.88. The van der Waals surface area contributed by atoms with E-state index in [0.29, 0.717) is 0 Å². The lowest BCUT2D eigenvalue weighted by atomic mass is 10.2. The first-order chi connectivity index (χ1) is 14.2. The van der Waals surface area contributed by atoms with Gasteiger partial charge in [-0.1, -0.05) is 33.6 Å². The minimum absolute atomic E-state index is 0.0414. The summed E-state index contributed by atoms with van der Waals surface area (Å²) in [5.41, 5.74) is 0.0132. The molecule has 1 aromatic heterocycles. The fraction of sp³-hybridized carbons (Fsp3) is 0.368. The summed E-state index contributed by atoms with van der Waals surface area (Å²) in [5.74, 6) is 0. The summed E-state index contributed by atoms with van der Waals surface area (Å²) < 4.78 is 42.5. The molecule has 0 amide bonds. The van der Waals surface area contributed by atoms with E-state index < -0.39 is 39.8 Å². The Bertz CT molecular complexity index is 1140. The summed E-state index contributed by atoms with van der Waals surface area (Å²) >= 11 is 3.09. The molecular weight excluding hydrogens is 480 g/mol. The third-order valence-electron chi connectivity index (χ3n) is 4.73. The SMILES string of the molecule is COC1C[C@@H](n2cc(/C=C/Br)c(=O)[nH]c2=O)O[C@H]1COS(=O)(=O)c1ccc(C)cc1. The highest BCUT2D eigenvalue weighted by atomic mass is 79.9. The lowest BCUT2D eigenvalue weighted by Gasteiger charge is -2.17. The van der Waals surface area contributed by atoms with Crippen LogP contribution in [0.15, 0.2) is 49.9 Å². The van der Waals surface area contributed by atoms with Crippen LogP contribution in [0.4, 0.5) is 0 Å². The van der Waals surface area contributed by atoms with E-state index in [9.17, 15) is 18.0 Å². The second-order valence-electron chi connectivity index (χ2n) is 6.73. The molecule has 1 unspecified atom stereocenters. The lowest BCUT2D eigenvalue weighted by molar-refractivity contribution is -0.0477. The average molecular weight is 501 g/mol. The number of aromatic amines is 1. The van der Waals surface area contributed by atoms with Crippen molar-refractivity contribution in [1.82, 2.24) is 9.55 Å². The second kappa shape index (κ2) is 9.40. The Balaban J connectivity index is 1.77. The van der Waals surface area contributed by atoms with Gasteiger partial charge in [0.25, 0.3) is 15.7 Å². The molecule has 0 radical (unpaired) electrons. The number of halogens is 1. The Morgan fingerprint density at radius 3 is 2.63 bits per heavy atom. The fourth-order valence-electron chi connectivity index (χ4n) is 3.10. The first-order valence-electron chi connectivity index (χ1n) is 9.01. The molecule has 2 aromatic rings. The quantitative estimate of drug-likeness (QED) is 0.577. The van der Waals surface area contributed by atoms with Crippen LogP contribution in [0.1, 0.15) is 23.8 Å². The van der Waals surface area contributed by atoms with Gasteiger partial charge < -0.3 is 9.47 Å². The maximum atomic E-state index is 12.4. The third-order valence-corrected chi connectivity index (χ3v) is 6.29.